The Kier molecular flexibility index (Phi) is 11.3. The highest BCUT2D eigenvalue weighted by molar-refractivity contribution is 5.98. The lowest BCUT2D eigenvalue weighted by molar-refractivity contribution is -0.137. The SMILES string of the molecule is COc1ccc(CN(Cc2ccc(OC)cc2)c2cc(-c3nc4c(cc3F)C(=O)N3C[C@H]5CC[C@@H]([C@H]3[C@H](C(F)F)O4)N5C(=O)OC(C)(C)C)c(C(F)(F)F)c(C)c2F)cc1. The van der Waals surface area contributed by atoms with Gasteiger partial charge in [0.2, 0.25) is 5.88 Å². The normalized spacial score (nSPS) is 20.0. The fraction of sp³-hybridized carbons (Fsp3) is 0.419. The molecule has 2 amide bonds. The predicted molar refractivity (Wildman–Crippen MR) is 205 cm³/mol. The Morgan fingerprint density at radius 1 is 0.917 bits per heavy atom. The van der Waals surface area contributed by atoms with Gasteiger partial charge in [-0.05, 0) is 93.6 Å². The highest BCUT2D eigenvalue weighted by atomic mass is 19.4. The van der Waals surface area contributed by atoms with Crippen LogP contribution >= 0.6 is 0 Å². The molecule has 0 radical (unpaired) electrons. The standard InChI is InChI=1S/C43H43F7N4O6/c1-22-33(43(48,49)50)28(18-32(34(22)45)52(19-23-7-12-26(57-5)13-8-23)20-24-9-14-27(58-6)15-10-24)35-30(44)17-29-39(51-35)59-37(38(46)47)36-31-16-11-25(21-53(36)40(29)55)54(31)41(56)60-42(2,3)4/h7-10,12-15,17-18,25,31,36-38H,11,16,19-21H2,1-6H3/t25-,31+,36+,37-/m1/s1. The Morgan fingerprint density at radius 2 is 1.50 bits per heavy atom. The van der Waals surface area contributed by atoms with Crippen LogP contribution in [0.4, 0.5) is 41.2 Å². The number of alkyl halides is 5. The van der Waals surface area contributed by atoms with Gasteiger partial charge in [-0.25, -0.2) is 27.3 Å². The van der Waals surface area contributed by atoms with Gasteiger partial charge in [-0.3, -0.25) is 9.69 Å². The summed E-state index contributed by atoms with van der Waals surface area (Å²) in [5, 5.41) is 0. The molecule has 0 aliphatic carbocycles. The third-order valence-electron chi connectivity index (χ3n) is 11.0. The van der Waals surface area contributed by atoms with E-state index in [2.05, 4.69) is 4.98 Å². The first-order chi connectivity index (χ1) is 28.3. The lowest BCUT2D eigenvalue weighted by Gasteiger charge is -2.47. The van der Waals surface area contributed by atoms with Crippen molar-refractivity contribution in [2.45, 2.75) is 96.1 Å². The number of carbonyl (C=O) groups excluding carboxylic acids is 2. The molecule has 2 saturated heterocycles. The molecule has 2 fully saturated rings. The van der Waals surface area contributed by atoms with E-state index in [1.807, 2.05) is 0 Å². The van der Waals surface area contributed by atoms with Gasteiger partial charge < -0.3 is 28.7 Å². The second-order valence-corrected chi connectivity index (χ2v) is 16.0. The van der Waals surface area contributed by atoms with Crippen LogP contribution in [0.15, 0.2) is 60.7 Å². The number of nitrogens with zero attached hydrogens (tertiary/aromatic N) is 4. The number of halogens is 7. The van der Waals surface area contributed by atoms with Crippen LogP contribution in [0, 0.1) is 18.6 Å². The molecule has 3 aliphatic rings. The summed E-state index contributed by atoms with van der Waals surface area (Å²) in [4.78, 5) is 35.4. The number of aromatic nitrogens is 1. The molecular formula is C43H43F7N4O6. The summed E-state index contributed by atoms with van der Waals surface area (Å²) in [6.45, 7) is 5.55. The molecular weight excluding hydrogens is 801 g/mol. The lowest BCUT2D eigenvalue weighted by atomic mass is 9.95. The molecule has 2 bridgehead atoms. The third kappa shape index (κ3) is 8.09. The first-order valence-corrected chi connectivity index (χ1v) is 19.2. The molecule has 4 atom stereocenters. The van der Waals surface area contributed by atoms with Crippen molar-refractivity contribution in [1.82, 2.24) is 14.8 Å². The summed E-state index contributed by atoms with van der Waals surface area (Å²) >= 11 is 0. The topological polar surface area (TPSA) is 93.7 Å². The molecule has 3 aromatic carbocycles. The van der Waals surface area contributed by atoms with Crippen molar-refractivity contribution in [1.29, 1.82) is 0 Å². The lowest BCUT2D eigenvalue weighted by Crippen LogP contribution is -2.67. The number of fused-ring (bicyclic) bond motifs is 5. The first kappa shape index (κ1) is 42.4. The van der Waals surface area contributed by atoms with Crippen LogP contribution in [-0.4, -0.2) is 83.8 Å². The van der Waals surface area contributed by atoms with Crippen LogP contribution in [0.2, 0.25) is 0 Å². The van der Waals surface area contributed by atoms with Crippen LogP contribution in [-0.2, 0) is 24.0 Å². The molecule has 4 aromatic rings. The van der Waals surface area contributed by atoms with Crippen LogP contribution < -0.4 is 19.1 Å². The summed E-state index contributed by atoms with van der Waals surface area (Å²) < 4.78 is 130. The molecule has 60 heavy (non-hydrogen) atoms. The molecule has 17 heteroatoms. The van der Waals surface area contributed by atoms with E-state index in [0.717, 1.165) is 17.9 Å². The van der Waals surface area contributed by atoms with Crippen molar-refractivity contribution in [3.8, 4) is 28.6 Å². The summed E-state index contributed by atoms with van der Waals surface area (Å²) in [7, 11) is 2.96. The maximum atomic E-state index is 16.5. The average molecular weight is 845 g/mol. The fourth-order valence-electron chi connectivity index (χ4n) is 8.34. The van der Waals surface area contributed by atoms with Gasteiger partial charge in [0.25, 0.3) is 12.3 Å². The van der Waals surface area contributed by atoms with Gasteiger partial charge in [0.05, 0.1) is 43.6 Å². The molecule has 0 unspecified atom stereocenters. The average Bonchev–Trinajstić information content (AvgIpc) is 3.45. The number of amides is 2. The molecule has 7 rings (SSSR count). The second-order valence-electron chi connectivity index (χ2n) is 16.0. The van der Waals surface area contributed by atoms with Gasteiger partial charge in [-0.2, -0.15) is 13.2 Å². The van der Waals surface area contributed by atoms with Crippen LogP contribution in [0.25, 0.3) is 11.3 Å². The van der Waals surface area contributed by atoms with E-state index in [1.165, 1.54) is 24.0 Å². The summed E-state index contributed by atoms with van der Waals surface area (Å²) in [6.07, 6.45) is -10.9. The third-order valence-corrected chi connectivity index (χ3v) is 11.0. The molecule has 0 N–H and O–H groups in total. The number of anilines is 1. The zero-order chi connectivity index (χ0) is 43.4. The molecule has 0 saturated carbocycles. The van der Waals surface area contributed by atoms with Gasteiger partial charge in [0, 0.05) is 25.2 Å². The van der Waals surface area contributed by atoms with Crippen molar-refractivity contribution < 1.29 is 59.3 Å². The van der Waals surface area contributed by atoms with Gasteiger partial charge in [-0.1, -0.05) is 24.3 Å². The number of carbonyl (C=O) groups is 2. The van der Waals surface area contributed by atoms with E-state index >= 15 is 30.7 Å². The Hall–Kier alpha value is -5.74. The van der Waals surface area contributed by atoms with Crippen molar-refractivity contribution in [2.24, 2.45) is 0 Å². The minimum atomic E-state index is -5.26. The quantitative estimate of drug-likeness (QED) is 0.154. The van der Waals surface area contributed by atoms with Gasteiger partial charge >= 0.3 is 12.3 Å². The number of hydrogen-bond acceptors (Lipinski definition) is 8. The number of hydrogen-bond donors (Lipinski definition) is 0. The number of methoxy groups -OCH3 is 2. The maximum Gasteiger partial charge on any atom is 0.417 e. The van der Waals surface area contributed by atoms with Gasteiger partial charge in [0.15, 0.2) is 11.9 Å². The Bertz CT molecular complexity index is 2220. The Labute approximate surface area is 341 Å². The van der Waals surface area contributed by atoms with Crippen LogP contribution in [0.3, 0.4) is 0 Å². The largest absolute Gasteiger partial charge is 0.497 e. The molecule has 320 valence electrons. The van der Waals surface area contributed by atoms with Crippen molar-refractivity contribution >= 4 is 17.7 Å². The van der Waals surface area contributed by atoms with E-state index < -0.39 is 99.9 Å². The minimum absolute atomic E-state index is 0.0370. The van der Waals surface area contributed by atoms with Crippen molar-refractivity contribution in [2.75, 3.05) is 25.7 Å². The number of ether oxygens (including phenoxy) is 4. The molecule has 4 heterocycles. The van der Waals surface area contributed by atoms with Gasteiger partial charge in [0.1, 0.15) is 34.2 Å². The zero-order valence-electron chi connectivity index (χ0n) is 33.6. The van der Waals surface area contributed by atoms with Gasteiger partial charge in [-0.15, -0.1) is 0 Å². The number of benzene rings is 3. The van der Waals surface area contributed by atoms with E-state index in [1.54, 1.807) is 69.3 Å². The Balaban J connectivity index is 1.35. The number of rotatable bonds is 9. The van der Waals surface area contributed by atoms with Crippen molar-refractivity contribution in [3.63, 3.8) is 0 Å². The van der Waals surface area contributed by atoms with Crippen LogP contribution in [0.1, 0.15) is 66.2 Å². The molecule has 3 aliphatic heterocycles. The van der Waals surface area contributed by atoms with E-state index in [4.69, 9.17) is 18.9 Å². The predicted octanol–water partition coefficient (Wildman–Crippen LogP) is 9.20. The van der Waals surface area contributed by atoms with Crippen molar-refractivity contribution in [3.05, 3.63) is 100 Å². The van der Waals surface area contributed by atoms with Crippen LogP contribution in [0.5, 0.6) is 17.4 Å². The second kappa shape index (κ2) is 16.0. The molecule has 10 nitrogen and oxygen atoms in total. The molecule has 0 spiro atoms. The van der Waals surface area contributed by atoms with E-state index in [9.17, 15) is 9.59 Å². The molecule has 1 aromatic heterocycles. The minimum Gasteiger partial charge on any atom is -0.497 e. The van der Waals surface area contributed by atoms with E-state index in [0.29, 0.717) is 35.1 Å². The maximum absolute atomic E-state index is 16.5. The summed E-state index contributed by atoms with van der Waals surface area (Å²) in [5.41, 5.74) is -4.97. The number of pyridine rings is 1. The number of piperazine rings is 1. The highest BCUT2D eigenvalue weighted by Gasteiger charge is 2.57. The van der Waals surface area contributed by atoms with E-state index in [-0.39, 0.29) is 31.7 Å². The fourth-order valence-corrected chi connectivity index (χ4v) is 8.34. The Morgan fingerprint density at radius 3 is 2.02 bits per heavy atom. The smallest absolute Gasteiger partial charge is 0.417 e. The summed E-state index contributed by atoms with van der Waals surface area (Å²) in [6, 6.07) is 11.8. The highest BCUT2D eigenvalue weighted by Crippen LogP contribution is 2.46. The summed E-state index contributed by atoms with van der Waals surface area (Å²) in [5.74, 6) is -3.37. The monoisotopic (exact) mass is 844 g/mol. The first-order valence-electron chi connectivity index (χ1n) is 19.2. The zero-order valence-corrected chi connectivity index (χ0v) is 33.6.